The molecule has 1 saturated carbocycles. The third-order valence-electron chi connectivity index (χ3n) is 8.43. The molecule has 0 amide bonds. The van der Waals surface area contributed by atoms with Crippen LogP contribution in [0.5, 0.6) is 0 Å². The number of aromatic nitrogens is 5. The molecule has 6 rings (SSSR count). The molecule has 7 nitrogen and oxygen atoms in total. The Hall–Kier alpha value is -3.32. The van der Waals surface area contributed by atoms with E-state index in [4.69, 9.17) is 0 Å². The predicted octanol–water partition coefficient (Wildman–Crippen LogP) is 5.29. The lowest BCUT2D eigenvalue weighted by molar-refractivity contribution is 0.141. The van der Waals surface area contributed by atoms with Gasteiger partial charge in [-0.25, -0.2) is 4.68 Å². The van der Waals surface area contributed by atoms with Gasteiger partial charge < -0.3 is 4.98 Å². The number of rotatable bonds is 6. The number of H-pyrrole nitrogens is 1. The largest absolute Gasteiger partial charge is 0.321 e. The second-order valence-electron chi connectivity index (χ2n) is 11.1. The molecule has 1 atom stereocenters. The van der Waals surface area contributed by atoms with Crippen LogP contribution in [0.4, 0.5) is 0 Å². The minimum Gasteiger partial charge on any atom is -0.321 e. The zero-order valence-electron chi connectivity index (χ0n) is 21.9. The van der Waals surface area contributed by atoms with E-state index in [1.54, 1.807) is 0 Å². The van der Waals surface area contributed by atoms with Crippen molar-refractivity contribution in [2.45, 2.75) is 70.9 Å². The van der Waals surface area contributed by atoms with Gasteiger partial charge in [-0.15, -0.1) is 5.10 Å². The van der Waals surface area contributed by atoms with Crippen molar-refractivity contribution < 1.29 is 0 Å². The van der Waals surface area contributed by atoms with Gasteiger partial charge in [0.1, 0.15) is 6.04 Å². The predicted molar refractivity (Wildman–Crippen MR) is 146 cm³/mol. The summed E-state index contributed by atoms with van der Waals surface area (Å²) in [5, 5.41) is 14.2. The summed E-state index contributed by atoms with van der Waals surface area (Å²) in [6.45, 7) is 6.00. The summed E-state index contributed by atoms with van der Waals surface area (Å²) in [7, 11) is 0. The number of tetrazole rings is 1. The van der Waals surface area contributed by atoms with Gasteiger partial charge in [-0.1, -0.05) is 54.8 Å². The molecule has 4 aromatic rings. The standard InChI is InChI=1S/C30H36N6O/c1-20-16-21(2)27-24(17-20)19-26(30(37)31-27)28(29-32-33-34-36(29)25-10-6-7-11-25)35-14-12-23(13-15-35)18-22-8-4-3-5-9-22/h3-5,8-9,16-17,19,23,25,28H,6-7,10-15,18H2,1-2H3,(H,31,37)/t28-/m1/s1. The maximum Gasteiger partial charge on any atom is 0.253 e. The van der Waals surface area contributed by atoms with Crippen molar-refractivity contribution in [3.05, 3.63) is 87.0 Å². The number of aromatic amines is 1. The smallest absolute Gasteiger partial charge is 0.253 e. The van der Waals surface area contributed by atoms with E-state index in [1.165, 1.54) is 24.0 Å². The monoisotopic (exact) mass is 496 g/mol. The van der Waals surface area contributed by atoms with Gasteiger partial charge in [0.15, 0.2) is 5.82 Å². The van der Waals surface area contributed by atoms with E-state index in [-0.39, 0.29) is 11.6 Å². The van der Waals surface area contributed by atoms with Gasteiger partial charge in [-0.2, -0.15) is 0 Å². The molecule has 0 bridgehead atoms. The molecule has 2 aliphatic rings. The Bertz CT molecular complexity index is 1430. The quantitative estimate of drug-likeness (QED) is 0.392. The first-order chi connectivity index (χ1) is 18.1. The number of nitrogens with zero attached hydrogens (tertiary/aromatic N) is 5. The fourth-order valence-electron chi connectivity index (χ4n) is 6.56. The van der Waals surface area contributed by atoms with Gasteiger partial charge in [-0.05, 0) is 104 Å². The van der Waals surface area contributed by atoms with E-state index in [1.807, 2.05) is 4.68 Å². The lowest BCUT2D eigenvalue weighted by atomic mass is 9.88. The maximum absolute atomic E-state index is 13.6. The van der Waals surface area contributed by atoms with E-state index >= 15 is 0 Å². The van der Waals surface area contributed by atoms with Crippen LogP contribution in [0.1, 0.15) is 78.7 Å². The Labute approximate surface area is 217 Å². The van der Waals surface area contributed by atoms with Crippen molar-refractivity contribution >= 4 is 10.9 Å². The molecule has 1 aliphatic heterocycles. The summed E-state index contributed by atoms with van der Waals surface area (Å²) < 4.78 is 2.03. The molecule has 0 radical (unpaired) electrons. The molecule has 2 fully saturated rings. The third kappa shape index (κ3) is 4.85. The highest BCUT2D eigenvalue weighted by molar-refractivity contribution is 5.83. The van der Waals surface area contributed by atoms with Gasteiger partial charge in [0.2, 0.25) is 0 Å². The summed E-state index contributed by atoms with van der Waals surface area (Å²) in [5.41, 5.74) is 5.30. The number of nitrogens with one attached hydrogen (secondary N) is 1. The lowest BCUT2D eigenvalue weighted by Crippen LogP contribution is -2.41. The SMILES string of the molecule is Cc1cc(C)c2[nH]c(=O)c([C@H](c3nnnn3C3CCCC3)N3CCC(Cc4ccccc4)CC3)cc2c1. The van der Waals surface area contributed by atoms with E-state index in [0.717, 1.165) is 73.0 Å². The normalized spacial score (nSPS) is 18.5. The summed E-state index contributed by atoms with van der Waals surface area (Å²) in [5.74, 6) is 1.45. The second kappa shape index (κ2) is 10.2. The number of fused-ring (bicyclic) bond motifs is 1. The number of piperidine rings is 1. The average molecular weight is 497 g/mol. The first-order valence-corrected chi connectivity index (χ1v) is 13.8. The summed E-state index contributed by atoms with van der Waals surface area (Å²) in [6, 6.07) is 17.2. The molecule has 37 heavy (non-hydrogen) atoms. The zero-order chi connectivity index (χ0) is 25.4. The van der Waals surface area contributed by atoms with Crippen LogP contribution in [0.3, 0.4) is 0 Å². The van der Waals surface area contributed by atoms with Crippen molar-refractivity contribution in [3.63, 3.8) is 0 Å². The number of hydrogen-bond acceptors (Lipinski definition) is 5. The summed E-state index contributed by atoms with van der Waals surface area (Å²) in [6.07, 6.45) is 7.89. The van der Waals surface area contributed by atoms with Crippen LogP contribution in [0.25, 0.3) is 10.9 Å². The molecular formula is C30H36N6O. The van der Waals surface area contributed by atoms with Gasteiger partial charge in [0.25, 0.3) is 5.56 Å². The number of aryl methyl sites for hydroxylation is 2. The molecule has 192 valence electrons. The van der Waals surface area contributed by atoms with Crippen molar-refractivity contribution in [3.8, 4) is 0 Å². The van der Waals surface area contributed by atoms with Crippen molar-refractivity contribution in [1.82, 2.24) is 30.1 Å². The molecule has 1 aliphatic carbocycles. The molecule has 0 unspecified atom stereocenters. The first-order valence-electron chi connectivity index (χ1n) is 13.8. The van der Waals surface area contributed by atoms with Crippen LogP contribution < -0.4 is 5.56 Å². The average Bonchev–Trinajstić information content (AvgIpc) is 3.59. The maximum atomic E-state index is 13.6. The molecule has 1 saturated heterocycles. The summed E-state index contributed by atoms with van der Waals surface area (Å²) in [4.78, 5) is 19.3. The number of likely N-dealkylation sites (tertiary alicyclic amines) is 1. The highest BCUT2D eigenvalue weighted by atomic mass is 16.1. The van der Waals surface area contributed by atoms with Crippen molar-refractivity contribution in [2.75, 3.05) is 13.1 Å². The second-order valence-corrected chi connectivity index (χ2v) is 11.1. The molecule has 2 aromatic carbocycles. The van der Waals surface area contributed by atoms with Crippen LogP contribution in [0.15, 0.2) is 53.3 Å². The third-order valence-corrected chi connectivity index (χ3v) is 8.43. The Balaban J connectivity index is 1.37. The minimum absolute atomic E-state index is 0.0446. The molecule has 0 spiro atoms. The Morgan fingerprint density at radius 2 is 1.76 bits per heavy atom. The van der Waals surface area contributed by atoms with E-state index in [2.05, 4.69) is 87.8 Å². The lowest BCUT2D eigenvalue weighted by Gasteiger charge is -2.37. The minimum atomic E-state index is -0.262. The zero-order valence-corrected chi connectivity index (χ0v) is 21.9. The molecule has 3 heterocycles. The van der Waals surface area contributed by atoms with Gasteiger partial charge >= 0.3 is 0 Å². The van der Waals surface area contributed by atoms with Gasteiger partial charge in [0.05, 0.1) is 11.6 Å². The molecule has 2 aromatic heterocycles. The Kier molecular flexibility index (Phi) is 6.63. The van der Waals surface area contributed by atoms with Gasteiger partial charge in [-0.3, -0.25) is 9.69 Å². The first kappa shape index (κ1) is 24.0. The van der Waals surface area contributed by atoms with Crippen LogP contribution in [-0.4, -0.2) is 43.2 Å². The molecular weight excluding hydrogens is 460 g/mol. The van der Waals surface area contributed by atoms with Crippen LogP contribution in [0, 0.1) is 19.8 Å². The number of pyridine rings is 1. The highest BCUT2D eigenvalue weighted by Crippen LogP contribution is 2.36. The van der Waals surface area contributed by atoms with E-state index < -0.39 is 0 Å². The van der Waals surface area contributed by atoms with E-state index in [0.29, 0.717) is 12.0 Å². The molecule has 1 N–H and O–H groups in total. The number of benzene rings is 2. The Morgan fingerprint density at radius 3 is 2.51 bits per heavy atom. The van der Waals surface area contributed by atoms with Crippen LogP contribution >= 0.6 is 0 Å². The van der Waals surface area contributed by atoms with Crippen LogP contribution in [-0.2, 0) is 6.42 Å². The van der Waals surface area contributed by atoms with Crippen LogP contribution in [0.2, 0.25) is 0 Å². The number of hydrogen-bond donors (Lipinski definition) is 1. The fraction of sp³-hybridized carbons (Fsp3) is 0.467. The van der Waals surface area contributed by atoms with Gasteiger partial charge in [0, 0.05) is 5.56 Å². The highest BCUT2D eigenvalue weighted by Gasteiger charge is 2.35. The topological polar surface area (TPSA) is 79.7 Å². The summed E-state index contributed by atoms with van der Waals surface area (Å²) >= 11 is 0. The van der Waals surface area contributed by atoms with Crippen molar-refractivity contribution in [1.29, 1.82) is 0 Å². The Morgan fingerprint density at radius 1 is 1.00 bits per heavy atom. The fourth-order valence-corrected chi connectivity index (χ4v) is 6.56. The molecule has 7 heteroatoms. The van der Waals surface area contributed by atoms with Crippen molar-refractivity contribution in [2.24, 2.45) is 5.92 Å². The van der Waals surface area contributed by atoms with E-state index in [9.17, 15) is 4.79 Å².